The Morgan fingerprint density at radius 3 is 2.61 bits per heavy atom. The maximum absolute atomic E-state index is 14.9. The first kappa shape index (κ1) is 21.7. The molecule has 166 valence electrons. The first-order valence-corrected chi connectivity index (χ1v) is 10.6. The number of carbonyl (C=O) groups is 1. The predicted molar refractivity (Wildman–Crippen MR) is 112 cm³/mol. The Balaban J connectivity index is 1.36. The smallest absolute Gasteiger partial charge is 0.255 e. The van der Waals surface area contributed by atoms with Crippen LogP contribution in [0.25, 0.3) is 0 Å². The number of carbonyl (C=O) groups excluding carboxylic acids is 1. The zero-order valence-electron chi connectivity index (χ0n) is 17.7. The second-order valence-electron chi connectivity index (χ2n) is 8.63. The number of hydrogen-bond acceptors (Lipinski definition) is 3. The summed E-state index contributed by atoms with van der Waals surface area (Å²) in [5, 5.41) is 2.86. The van der Waals surface area contributed by atoms with Gasteiger partial charge in [0.05, 0.1) is 18.6 Å². The van der Waals surface area contributed by atoms with Crippen LogP contribution in [0.3, 0.4) is 0 Å². The number of ether oxygens (including phenoxy) is 1. The Kier molecular flexibility index (Phi) is 5.97. The summed E-state index contributed by atoms with van der Waals surface area (Å²) in [4.78, 5) is 13.3. The van der Waals surface area contributed by atoms with Crippen LogP contribution in [0.4, 0.5) is 13.2 Å². The Bertz CT molecular complexity index is 948. The highest BCUT2D eigenvalue weighted by atomic mass is 19.3. The van der Waals surface area contributed by atoms with E-state index in [4.69, 9.17) is 4.74 Å². The summed E-state index contributed by atoms with van der Waals surface area (Å²) < 4.78 is 46.4. The molecule has 0 radical (unpaired) electrons. The van der Waals surface area contributed by atoms with E-state index in [0.29, 0.717) is 24.4 Å². The molecule has 0 spiro atoms. The van der Waals surface area contributed by atoms with Gasteiger partial charge in [-0.05, 0) is 41.3 Å². The highest BCUT2D eigenvalue weighted by Gasteiger charge is 2.57. The molecule has 2 aliphatic rings. The molecule has 1 amide bonds. The lowest BCUT2D eigenvalue weighted by Crippen LogP contribution is -2.31. The Hall–Kier alpha value is -2.54. The molecular formula is C24H27F3N2O2. The summed E-state index contributed by atoms with van der Waals surface area (Å²) in [6.07, 6.45) is -1.29. The third-order valence-electron chi connectivity index (χ3n) is 5.98. The topological polar surface area (TPSA) is 41.6 Å². The summed E-state index contributed by atoms with van der Waals surface area (Å²) in [5.74, 6) is -2.97. The van der Waals surface area contributed by atoms with Crippen molar-refractivity contribution in [3.8, 4) is 5.75 Å². The molecule has 1 heterocycles. The normalized spacial score (nSPS) is 23.0. The molecule has 4 rings (SSSR count). The van der Waals surface area contributed by atoms with Crippen LogP contribution in [-0.2, 0) is 17.9 Å². The molecule has 0 bridgehead atoms. The number of benzene rings is 2. The summed E-state index contributed by atoms with van der Waals surface area (Å²) in [7, 11) is 0. The molecule has 0 saturated heterocycles. The molecule has 3 atom stereocenters. The highest BCUT2D eigenvalue weighted by Crippen LogP contribution is 2.48. The third kappa shape index (κ3) is 5.21. The molecule has 1 fully saturated rings. The number of rotatable bonds is 7. The summed E-state index contributed by atoms with van der Waals surface area (Å²) in [5.41, 5.74) is 3.55. The SMILES string of the molecule is CC(=O)N[C@@H](C)c1ccc(CN2Cc3ccc(OCC4CC4(F)F)cc3C(F)C2)cc1. The van der Waals surface area contributed by atoms with Gasteiger partial charge in [0.2, 0.25) is 5.91 Å². The molecule has 2 aromatic rings. The fourth-order valence-electron chi connectivity index (χ4n) is 4.05. The number of hydrogen-bond donors (Lipinski definition) is 1. The zero-order valence-corrected chi connectivity index (χ0v) is 17.7. The van der Waals surface area contributed by atoms with Crippen molar-refractivity contribution in [2.45, 2.75) is 51.5 Å². The number of halogens is 3. The third-order valence-corrected chi connectivity index (χ3v) is 5.98. The Morgan fingerprint density at radius 2 is 1.97 bits per heavy atom. The van der Waals surface area contributed by atoms with Gasteiger partial charge >= 0.3 is 0 Å². The van der Waals surface area contributed by atoms with Gasteiger partial charge in [0.1, 0.15) is 11.9 Å². The molecule has 2 aromatic carbocycles. The first-order chi connectivity index (χ1) is 14.7. The van der Waals surface area contributed by atoms with Gasteiger partial charge in [0, 0.05) is 33.0 Å². The minimum Gasteiger partial charge on any atom is -0.493 e. The fraction of sp³-hybridized carbons (Fsp3) is 0.458. The molecule has 31 heavy (non-hydrogen) atoms. The number of alkyl halides is 3. The van der Waals surface area contributed by atoms with Crippen LogP contribution in [0, 0.1) is 5.92 Å². The minimum atomic E-state index is -2.61. The molecule has 1 aliphatic carbocycles. The van der Waals surface area contributed by atoms with Gasteiger partial charge in [-0.3, -0.25) is 9.69 Å². The van der Waals surface area contributed by atoms with E-state index in [2.05, 4.69) is 5.32 Å². The lowest BCUT2D eigenvalue weighted by atomic mass is 9.97. The lowest BCUT2D eigenvalue weighted by Gasteiger charge is -2.31. The number of fused-ring (bicyclic) bond motifs is 1. The Labute approximate surface area is 180 Å². The molecule has 1 saturated carbocycles. The van der Waals surface area contributed by atoms with Gasteiger partial charge < -0.3 is 10.1 Å². The fourth-order valence-corrected chi connectivity index (χ4v) is 4.05. The van der Waals surface area contributed by atoms with Crippen LogP contribution < -0.4 is 10.1 Å². The molecule has 1 N–H and O–H groups in total. The number of amides is 1. The van der Waals surface area contributed by atoms with E-state index in [9.17, 15) is 18.0 Å². The summed E-state index contributed by atoms with van der Waals surface area (Å²) in [6, 6.07) is 13.1. The van der Waals surface area contributed by atoms with E-state index in [0.717, 1.165) is 16.7 Å². The van der Waals surface area contributed by atoms with Crippen molar-refractivity contribution in [2.75, 3.05) is 13.2 Å². The van der Waals surface area contributed by atoms with Crippen molar-refractivity contribution in [3.05, 3.63) is 64.7 Å². The maximum Gasteiger partial charge on any atom is 0.255 e. The van der Waals surface area contributed by atoms with Gasteiger partial charge in [0.25, 0.3) is 5.92 Å². The predicted octanol–water partition coefficient (Wildman–Crippen LogP) is 4.94. The van der Waals surface area contributed by atoms with E-state index in [1.165, 1.54) is 6.92 Å². The lowest BCUT2D eigenvalue weighted by molar-refractivity contribution is -0.119. The maximum atomic E-state index is 14.9. The monoisotopic (exact) mass is 432 g/mol. The standard InChI is InChI=1S/C24H27F3N2O2/c1-15(28-16(2)30)18-5-3-17(4-6-18)11-29-12-19-7-8-21(9-22(19)23(25)13-29)31-14-20-10-24(20,26)27/h3-9,15,20,23H,10-14H2,1-2H3,(H,28,30)/t15-,20?,23?/m0/s1. The van der Waals surface area contributed by atoms with Crippen LogP contribution in [0.2, 0.25) is 0 Å². The van der Waals surface area contributed by atoms with Crippen LogP contribution in [-0.4, -0.2) is 29.9 Å². The van der Waals surface area contributed by atoms with Crippen LogP contribution in [0.1, 0.15) is 54.7 Å². The minimum absolute atomic E-state index is 0.0363. The van der Waals surface area contributed by atoms with Crippen LogP contribution in [0.15, 0.2) is 42.5 Å². The molecule has 0 aromatic heterocycles. The zero-order chi connectivity index (χ0) is 22.2. The van der Waals surface area contributed by atoms with Crippen LogP contribution >= 0.6 is 0 Å². The second kappa shape index (κ2) is 8.54. The average molecular weight is 432 g/mol. The number of nitrogens with zero attached hydrogens (tertiary/aromatic N) is 1. The quantitative estimate of drug-likeness (QED) is 0.674. The van der Waals surface area contributed by atoms with E-state index < -0.39 is 18.0 Å². The average Bonchev–Trinajstić information content (AvgIpc) is 3.33. The van der Waals surface area contributed by atoms with Crippen molar-refractivity contribution < 1.29 is 22.7 Å². The summed E-state index contributed by atoms with van der Waals surface area (Å²) in [6.45, 7) is 4.88. The van der Waals surface area contributed by atoms with Crippen molar-refractivity contribution in [1.82, 2.24) is 10.2 Å². The largest absolute Gasteiger partial charge is 0.493 e. The molecule has 7 heteroatoms. The molecule has 4 nitrogen and oxygen atoms in total. The van der Waals surface area contributed by atoms with E-state index in [1.807, 2.05) is 42.2 Å². The number of nitrogens with one attached hydrogen (secondary N) is 1. The highest BCUT2D eigenvalue weighted by molar-refractivity contribution is 5.73. The van der Waals surface area contributed by atoms with Gasteiger partial charge in [-0.25, -0.2) is 13.2 Å². The molecule has 1 aliphatic heterocycles. The second-order valence-corrected chi connectivity index (χ2v) is 8.63. The van der Waals surface area contributed by atoms with Gasteiger partial charge in [0.15, 0.2) is 0 Å². The first-order valence-electron chi connectivity index (χ1n) is 10.6. The Morgan fingerprint density at radius 1 is 1.26 bits per heavy atom. The van der Waals surface area contributed by atoms with E-state index in [1.54, 1.807) is 12.1 Å². The van der Waals surface area contributed by atoms with Gasteiger partial charge in [-0.15, -0.1) is 0 Å². The molecular weight excluding hydrogens is 405 g/mol. The van der Waals surface area contributed by atoms with Crippen molar-refractivity contribution >= 4 is 5.91 Å². The van der Waals surface area contributed by atoms with Crippen LogP contribution in [0.5, 0.6) is 5.75 Å². The van der Waals surface area contributed by atoms with Gasteiger partial charge in [-0.2, -0.15) is 0 Å². The van der Waals surface area contributed by atoms with Crippen molar-refractivity contribution in [1.29, 1.82) is 0 Å². The van der Waals surface area contributed by atoms with Crippen molar-refractivity contribution in [2.24, 2.45) is 5.92 Å². The molecule has 2 unspecified atom stereocenters. The van der Waals surface area contributed by atoms with E-state index >= 15 is 0 Å². The van der Waals surface area contributed by atoms with Gasteiger partial charge in [-0.1, -0.05) is 30.3 Å². The summed E-state index contributed by atoms with van der Waals surface area (Å²) >= 11 is 0. The van der Waals surface area contributed by atoms with E-state index in [-0.39, 0.29) is 31.5 Å². The van der Waals surface area contributed by atoms with Crippen molar-refractivity contribution in [3.63, 3.8) is 0 Å².